The highest BCUT2D eigenvalue weighted by Crippen LogP contribution is 2.25. The topological polar surface area (TPSA) is 86.9 Å². The van der Waals surface area contributed by atoms with Crippen molar-refractivity contribution in [3.05, 3.63) is 23.8 Å². The third kappa shape index (κ3) is 3.63. The number of phenols is 1. The Kier molecular flexibility index (Phi) is 5.37. The average molecular weight is 279 g/mol. The molecule has 0 aliphatic rings. The predicted molar refractivity (Wildman–Crippen MR) is 77.4 cm³/mol. The zero-order valence-corrected chi connectivity index (χ0v) is 12.1. The van der Waals surface area contributed by atoms with Gasteiger partial charge in [-0.1, -0.05) is 13.0 Å². The number of nitrogens with two attached hydrogens (primary N) is 1. The number of carbonyl (C=O) groups excluding carboxylic acids is 2. The Morgan fingerprint density at radius 3 is 2.50 bits per heavy atom. The predicted octanol–water partition coefficient (Wildman–Crippen LogP) is 0.915. The van der Waals surface area contributed by atoms with Crippen LogP contribution in [0.2, 0.25) is 0 Å². The van der Waals surface area contributed by atoms with Crippen LogP contribution in [0.4, 0.5) is 5.69 Å². The largest absolute Gasteiger partial charge is 0.505 e. The molecule has 1 aromatic carbocycles. The number of amides is 2. The molecular formula is C14H21N3O3. The van der Waals surface area contributed by atoms with E-state index in [1.54, 1.807) is 20.2 Å². The summed E-state index contributed by atoms with van der Waals surface area (Å²) in [7, 11) is 3.27. The summed E-state index contributed by atoms with van der Waals surface area (Å²) in [6.07, 6.45) is 0.718. The van der Waals surface area contributed by atoms with Crippen LogP contribution >= 0.6 is 0 Å². The second-order valence-corrected chi connectivity index (χ2v) is 4.76. The maximum atomic E-state index is 12.4. The lowest BCUT2D eigenvalue weighted by atomic mass is 10.1. The molecule has 110 valence electrons. The molecule has 0 aliphatic heterocycles. The number of nitrogens with zero attached hydrogens (tertiary/aromatic N) is 2. The lowest BCUT2D eigenvalue weighted by Crippen LogP contribution is -2.40. The number of likely N-dealkylation sites (N-methyl/N-ethyl adjacent to an activating group) is 1. The molecular weight excluding hydrogens is 258 g/mol. The number of anilines is 1. The Balaban J connectivity index is 2.99. The lowest BCUT2D eigenvalue weighted by Gasteiger charge is -2.23. The van der Waals surface area contributed by atoms with Gasteiger partial charge in [-0.25, -0.2) is 0 Å². The van der Waals surface area contributed by atoms with Crippen molar-refractivity contribution in [3.63, 3.8) is 0 Å². The molecule has 0 fully saturated rings. The van der Waals surface area contributed by atoms with E-state index in [0.717, 1.165) is 6.42 Å². The van der Waals surface area contributed by atoms with E-state index in [0.29, 0.717) is 6.54 Å². The molecule has 0 spiro atoms. The molecule has 6 heteroatoms. The van der Waals surface area contributed by atoms with Gasteiger partial charge in [0.15, 0.2) is 5.75 Å². The molecule has 0 aliphatic carbocycles. The molecule has 0 unspecified atom stereocenters. The molecule has 0 saturated carbocycles. The van der Waals surface area contributed by atoms with E-state index >= 15 is 0 Å². The maximum Gasteiger partial charge on any atom is 0.258 e. The van der Waals surface area contributed by atoms with Crippen molar-refractivity contribution in [1.29, 1.82) is 0 Å². The number of phenolic OH excluding ortho intramolecular Hbond substituents is 1. The zero-order chi connectivity index (χ0) is 15.3. The average Bonchev–Trinajstić information content (AvgIpc) is 2.40. The molecule has 6 nitrogen and oxygen atoms in total. The van der Waals surface area contributed by atoms with Gasteiger partial charge in [-0.3, -0.25) is 9.59 Å². The molecule has 0 radical (unpaired) electrons. The number of aromatic hydroxyl groups is 1. The molecule has 3 N–H and O–H groups in total. The third-order valence-electron chi connectivity index (χ3n) is 2.90. The SMILES string of the molecule is CCCN(CC(=O)N(C)C)C(=O)c1cccc(N)c1O. The Labute approximate surface area is 118 Å². The molecule has 0 heterocycles. The molecule has 1 aromatic rings. The van der Waals surface area contributed by atoms with Crippen molar-refractivity contribution in [2.24, 2.45) is 0 Å². The van der Waals surface area contributed by atoms with Crippen LogP contribution in [0.15, 0.2) is 18.2 Å². The van der Waals surface area contributed by atoms with Gasteiger partial charge in [0.1, 0.15) is 6.54 Å². The molecule has 0 saturated heterocycles. The number of para-hydroxylation sites is 1. The summed E-state index contributed by atoms with van der Waals surface area (Å²) in [5.74, 6) is -0.807. The van der Waals surface area contributed by atoms with Crippen molar-refractivity contribution in [3.8, 4) is 5.75 Å². The number of hydrogen-bond acceptors (Lipinski definition) is 4. The van der Waals surface area contributed by atoms with Crippen LogP contribution in [0, 0.1) is 0 Å². The first-order valence-electron chi connectivity index (χ1n) is 6.45. The summed E-state index contributed by atoms with van der Waals surface area (Å²) in [4.78, 5) is 27.0. The summed E-state index contributed by atoms with van der Waals surface area (Å²) in [6, 6.07) is 4.61. The Bertz CT molecular complexity index is 500. The van der Waals surface area contributed by atoms with E-state index in [1.165, 1.54) is 21.9 Å². The second kappa shape index (κ2) is 6.79. The van der Waals surface area contributed by atoms with E-state index < -0.39 is 5.91 Å². The van der Waals surface area contributed by atoms with Crippen LogP contribution in [0.1, 0.15) is 23.7 Å². The third-order valence-corrected chi connectivity index (χ3v) is 2.90. The van der Waals surface area contributed by atoms with Gasteiger partial charge in [0.2, 0.25) is 5.91 Å². The van der Waals surface area contributed by atoms with E-state index in [9.17, 15) is 14.7 Å². The monoisotopic (exact) mass is 279 g/mol. The Hall–Kier alpha value is -2.24. The van der Waals surface area contributed by atoms with Crippen LogP contribution in [0.5, 0.6) is 5.75 Å². The summed E-state index contributed by atoms with van der Waals surface area (Å²) in [6.45, 7) is 2.33. The van der Waals surface area contributed by atoms with Crippen LogP contribution in [0.3, 0.4) is 0 Å². The molecule has 0 bridgehead atoms. The van der Waals surface area contributed by atoms with Crippen molar-refractivity contribution in [1.82, 2.24) is 9.80 Å². The van der Waals surface area contributed by atoms with E-state index in [4.69, 9.17) is 5.73 Å². The first-order chi connectivity index (χ1) is 9.38. The molecule has 20 heavy (non-hydrogen) atoms. The fraction of sp³-hybridized carbons (Fsp3) is 0.429. The maximum absolute atomic E-state index is 12.4. The normalized spacial score (nSPS) is 10.2. The van der Waals surface area contributed by atoms with E-state index in [1.807, 2.05) is 6.92 Å². The summed E-state index contributed by atoms with van der Waals surface area (Å²) in [5.41, 5.74) is 5.85. The Morgan fingerprint density at radius 2 is 1.95 bits per heavy atom. The molecule has 0 aromatic heterocycles. The van der Waals surface area contributed by atoms with Crippen LogP contribution in [-0.4, -0.2) is 53.9 Å². The van der Waals surface area contributed by atoms with Gasteiger partial charge in [0.05, 0.1) is 11.3 Å². The summed E-state index contributed by atoms with van der Waals surface area (Å²) >= 11 is 0. The minimum atomic E-state index is -0.396. The van der Waals surface area contributed by atoms with Gasteiger partial charge >= 0.3 is 0 Å². The fourth-order valence-electron chi connectivity index (χ4n) is 1.73. The standard InChI is InChI=1S/C14H21N3O3/c1-4-8-17(9-12(18)16(2)3)14(20)10-6-5-7-11(15)13(10)19/h5-7,19H,4,8-9,15H2,1-3H3. The molecule has 0 atom stereocenters. The van der Waals surface area contributed by atoms with Gasteiger partial charge in [-0.15, -0.1) is 0 Å². The van der Waals surface area contributed by atoms with Crippen molar-refractivity contribution >= 4 is 17.5 Å². The second-order valence-electron chi connectivity index (χ2n) is 4.76. The first kappa shape index (κ1) is 15.8. The van der Waals surface area contributed by atoms with Gasteiger partial charge in [-0.2, -0.15) is 0 Å². The molecule has 1 rings (SSSR count). The van der Waals surface area contributed by atoms with Crippen molar-refractivity contribution in [2.75, 3.05) is 32.9 Å². The Morgan fingerprint density at radius 1 is 1.30 bits per heavy atom. The minimum Gasteiger partial charge on any atom is -0.505 e. The number of hydrogen-bond donors (Lipinski definition) is 2. The first-order valence-corrected chi connectivity index (χ1v) is 6.45. The van der Waals surface area contributed by atoms with Gasteiger partial charge in [0.25, 0.3) is 5.91 Å². The number of nitrogen functional groups attached to an aromatic ring is 1. The van der Waals surface area contributed by atoms with E-state index in [-0.39, 0.29) is 29.5 Å². The van der Waals surface area contributed by atoms with Gasteiger partial charge < -0.3 is 20.6 Å². The molecule has 2 amide bonds. The highest BCUT2D eigenvalue weighted by atomic mass is 16.3. The van der Waals surface area contributed by atoms with Crippen LogP contribution in [-0.2, 0) is 4.79 Å². The lowest BCUT2D eigenvalue weighted by molar-refractivity contribution is -0.129. The quantitative estimate of drug-likeness (QED) is 0.619. The van der Waals surface area contributed by atoms with Crippen LogP contribution in [0.25, 0.3) is 0 Å². The fourth-order valence-corrected chi connectivity index (χ4v) is 1.73. The van der Waals surface area contributed by atoms with Gasteiger partial charge in [-0.05, 0) is 18.6 Å². The minimum absolute atomic E-state index is 0.0199. The van der Waals surface area contributed by atoms with Gasteiger partial charge in [0, 0.05) is 20.6 Å². The summed E-state index contributed by atoms with van der Waals surface area (Å²) < 4.78 is 0. The number of rotatable bonds is 5. The zero-order valence-electron chi connectivity index (χ0n) is 12.1. The number of carbonyl (C=O) groups is 2. The van der Waals surface area contributed by atoms with Crippen molar-refractivity contribution < 1.29 is 14.7 Å². The van der Waals surface area contributed by atoms with E-state index in [2.05, 4.69) is 0 Å². The van der Waals surface area contributed by atoms with Crippen LogP contribution < -0.4 is 5.73 Å². The number of benzene rings is 1. The van der Waals surface area contributed by atoms with Crippen molar-refractivity contribution in [2.45, 2.75) is 13.3 Å². The highest BCUT2D eigenvalue weighted by molar-refractivity contribution is 6.00. The summed E-state index contributed by atoms with van der Waals surface area (Å²) in [5, 5.41) is 9.86. The smallest absolute Gasteiger partial charge is 0.258 e. The highest BCUT2D eigenvalue weighted by Gasteiger charge is 2.22.